The molecular weight excluding hydrogens is 359 g/mol. The van der Waals surface area contributed by atoms with Crippen molar-refractivity contribution in [2.24, 2.45) is 0 Å². The van der Waals surface area contributed by atoms with E-state index in [1.165, 1.54) is 47.7 Å². The Bertz CT molecular complexity index is 991. The van der Waals surface area contributed by atoms with Crippen LogP contribution in [0.2, 0.25) is 0 Å². The number of hydrogen-bond acceptors (Lipinski definition) is 4. The summed E-state index contributed by atoms with van der Waals surface area (Å²) in [6.07, 6.45) is 0. The molecule has 3 aromatic rings. The van der Waals surface area contributed by atoms with Gasteiger partial charge in [0.1, 0.15) is 5.82 Å². The lowest BCUT2D eigenvalue weighted by Gasteiger charge is -2.18. The molecule has 0 aliphatic carbocycles. The number of nitrogens with one attached hydrogen (secondary N) is 1. The number of nitriles is 1. The van der Waals surface area contributed by atoms with E-state index in [0.717, 1.165) is 4.88 Å². The fourth-order valence-corrected chi connectivity index (χ4v) is 4.41. The predicted octanol–water partition coefficient (Wildman–Crippen LogP) is 3.83. The van der Waals surface area contributed by atoms with Gasteiger partial charge in [-0.15, -0.1) is 11.3 Å². The second-order valence-corrected chi connectivity index (χ2v) is 7.95. The van der Waals surface area contributed by atoms with Crippen molar-refractivity contribution in [1.82, 2.24) is 4.72 Å². The fourth-order valence-electron chi connectivity index (χ4n) is 2.33. The lowest BCUT2D eigenvalue weighted by atomic mass is 10.1. The molecule has 3 rings (SSSR count). The zero-order chi connectivity index (χ0) is 17.9. The van der Waals surface area contributed by atoms with Gasteiger partial charge in [0.15, 0.2) is 0 Å². The Balaban J connectivity index is 1.97. The standard InChI is InChI=1S/C18H13FN2O2S2/c19-15-7-5-14(6-8-15)18(17-2-1-11-24-17)21-25(22,23)16-9-3-13(12-20)4-10-16/h1-11,18,21H/t18-/m1/s1. The Morgan fingerprint density at radius 3 is 2.28 bits per heavy atom. The van der Waals surface area contributed by atoms with E-state index in [0.29, 0.717) is 11.1 Å². The first-order valence-corrected chi connectivity index (χ1v) is 9.67. The highest BCUT2D eigenvalue weighted by atomic mass is 32.2. The summed E-state index contributed by atoms with van der Waals surface area (Å²) in [5, 5.41) is 10.7. The molecule has 25 heavy (non-hydrogen) atoms. The Kier molecular flexibility index (Phi) is 4.95. The summed E-state index contributed by atoms with van der Waals surface area (Å²) in [5.41, 5.74) is 1.02. The highest BCUT2D eigenvalue weighted by molar-refractivity contribution is 7.89. The lowest BCUT2D eigenvalue weighted by Crippen LogP contribution is -2.29. The van der Waals surface area contributed by atoms with Gasteiger partial charge in [0.2, 0.25) is 10.0 Å². The summed E-state index contributed by atoms with van der Waals surface area (Å²) >= 11 is 1.41. The maximum atomic E-state index is 13.2. The minimum Gasteiger partial charge on any atom is -0.207 e. The highest BCUT2D eigenvalue weighted by Gasteiger charge is 2.23. The van der Waals surface area contributed by atoms with E-state index in [1.54, 1.807) is 12.1 Å². The van der Waals surface area contributed by atoms with E-state index in [2.05, 4.69) is 4.72 Å². The van der Waals surface area contributed by atoms with Gasteiger partial charge in [-0.25, -0.2) is 12.8 Å². The zero-order valence-corrected chi connectivity index (χ0v) is 14.5. The van der Waals surface area contributed by atoms with Gasteiger partial charge in [-0.2, -0.15) is 9.98 Å². The van der Waals surface area contributed by atoms with Crippen LogP contribution in [0.5, 0.6) is 0 Å². The third kappa shape index (κ3) is 3.94. The molecule has 4 nitrogen and oxygen atoms in total. The average Bonchev–Trinajstić information content (AvgIpc) is 3.15. The summed E-state index contributed by atoms with van der Waals surface area (Å²) < 4.78 is 41.3. The topological polar surface area (TPSA) is 70.0 Å². The van der Waals surface area contributed by atoms with Crippen LogP contribution < -0.4 is 4.72 Å². The van der Waals surface area contributed by atoms with Crippen molar-refractivity contribution < 1.29 is 12.8 Å². The fraction of sp³-hybridized carbons (Fsp3) is 0.0556. The van der Waals surface area contributed by atoms with Gasteiger partial charge in [-0.05, 0) is 53.4 Å². The minimum atomic E-state index is -3.82. The molecule has 0 fully saturated rings. The van der Waals surface area contributed by atoms with E-state index in [-0.39, 0.29) is 10.7 Å². The molecule has 0 bridgehead atoms. The summed E-state index contributed by atoms with van der Waals surface area (Å²) in [6.45, 7) is 0. The van der Waals surface area contributed by atoms with Crippen molar-refractivity contribution in [2.75, 3.05) is 0 Å². The number of sulfonamides is 1. The van der Waals surface area contributed by atoms with Crippen LogP contribution in [0.15, 0.2) is 70.9 Å². The molecule has 1 heterocycles. The van der Waals surface area contributed by atoms with Crippen LogP contribution in [-0.4, -0.2) is 8.42 Å². The highest BCUT2D eigenvalue weighted by Crippen LogP contribution is 2.28. The van der Waals surface area contributed by atoms with Gasteiger partial charge >= 0.3 is 0 Å². The Morgan fingerprint density at radius 1 is 1.04 bits per heavy atom. The van der Waals surface area contributed by atoms with Gasteiger partial charge in [-0.1, -0.05) is 18.2 Å². The molecule has 0 saturated carbocycles. The Labute approximate surface area is 149 Å². The van der Waals surface area contributed by atoms with Crippen LogP contribution in [0.25, 0.3) is 0 Å². The number of benzene rings is 2. The predicted molar refractivity (Wildman–Crippen MR) is 94.0 cm³/mol. The van der Waals surface area contributed by atoms with Crippen molar-refractivity contribution in [3.63, 3.8) is 0 Å². The molecule has 0 unspecified atom stereocenters. The minimum absolute atomic E-state index is 0.0650. The molecule has 0 radical (unpaired) electrons. The summed E-state index contributed by atoms with van der Waals surface area (Å²) in [6, 6.07) is 16.4. The molecule has 0 aliphatic rings. The Hall–Kier alpha value is -2.53. The second-order valence-electron chi connectivity index (χ2n) is 5.26. The number of thiophene rings is 1. The number of halogens is 1. The molecule has 7 heteroatoms. The molecule has 1 aromatic heterocycles. The van der Waals surface area contributed by atoms with Crippen molar-refractivity contribution in [3.8, 4) is 6.07 Å². The largest absolute Gasteiger partial charge is 0.241 e. The van der Waals surface area contributed by atoms with E-state index < -0.39 is 16.1 Å². The summed E-state index contributed by atoms with van der Waals surface area (Å²) in [4.78, 5) is 0.860. The summed E-state index contributed by atoms with van der Waals surface area (Å²) in [5.74, 6) is -0.386. The smallest absolute Gasteiger partial charge is 0.207 e. The molecule has 0 spiro atoms. The average molecular weight is 372 g/mol. The maximum absolute atomic E-state index is 13.2. The number of hydrogen-bond donors (Lipinski definition) is 1. The van der Waals surface area contributed by atoms with Crippen LogP contribution in [0.1, 0.15) is 22.0 Å². The van der Waals surface area contributed by atoms with Gasteiger partial charge in [0.05, 0.1) is 22.6 Å². The first-order chi connectivity index (χ1) is 12.0. The molecule has 0 amide bonds. The zero-order valence-electron chi connectivity index (χ0n) is 12.9. The van der Waals surface area contributed by atoms with E-state index in [1.807, 2.05) is 23.6 Å². The van der Waals surface area contributed by atoms with Gasteiger partial charge in [0.25, 0.3) is 0 Å². The van der Waals surface area contributed by atoms with Crippen LogP contribution >= 0.6 is 11.3 Å². The van der Waals surface area contributed by atoms with Gasteiger partial charge < -0.3 is 0 Å². The van der Waals surface area contributed by atoms with E-state index in [9.17, 15) is 12.8 Å². The van der Waals surface area contributed by atoms with Crippen molar-refractivity contribution in [1.29, 1.82) is 5.26 Å². The number of nitrogens with zero attached hydrogens (tertiary/aromatic N) is 1. The van der Waals surface area contributed by atoms with Crippen LogP contribution in [0, 0.1) is 17.1 Å². The van der Waals surface area contributed by atoms with Crippen molar-refractivity contribution in [2.45, 2.75) is 10.9 Å². The molecule has 126 valence electrons. The monoisotopic (exact) mass is 372 g/mol. The van der Waals surface area contributed by atoms with E-state index in [4.69, 9.17) is 5.26 Å². The second kappa shape index (κ2) is 7.15. The maximum Gasteiger partial charge on any atom is 0.241 e. The van der Waals surface area contributed by atoms with E-state index >= 15 is 0 Å². The molecule has 0 saturated heterocycles. The van der Waals surface area contributed by atoms with Gasteiger partial charge in [-0.3, -0.25) is 0 Å². The molecular formula is C18H13FN2O2S2. The van der Waals surface area contributed by atoms with Crippen LogP contribution in [0.4, 0.5) is 4.39 Å². The first kappa shape index (κ1) is 17.3. The first-order valence-electron chi connectivity index (χ1n) is 7.31. The summed E-state index contributed by atoms with van der Waals surface area (Å²) in [7, 11) is -3.82. The van der Waals surface area contributed by atoms with Crippen LogP contribution in [0.3, 0.4) is 0 Å². The van der Waals surface area contributed by atoms with Crippen molar-refractivity contribution in [3.05, 3.63) is 87.9 Å². The SMILES string of the molecule is N#Cc1ccc(S(=O)(=O)N[C@H](c2ccc(F)cc2)c2cccs2)cc1. The lowest BCUT2D eigenvalue weighted by molar-refractivity contribution is 0.573. The third-order valence-electron chi connectivity index (χ3n) is 3.60. The molecule has 0 aliphatic heterocycles. The quantitative estimate of drug-likeness (QED) is 0.740. The van der Waals surface area contributed by atoms with Gasteiger partial charge in [0, 0.05) is 4.88 Å². The Morgan fingerprint density at radius 2 is 1.72 bits per heavy atom. The molecule has 1 atom stereocenters. The number of rotatable bonds is 5. The molecule has 1 N–H and O–H groups in total. The van der Waals surface area contributed by atoms with Crippen molar-refractivity contribution >= 4 is 21.4 Å². The third-order valence-corrected chi connectivity index (χ3v) is 5.97. The molecule has 2 aromatic carbocycles. The van der Waals surface area contributed by atoms with Crippen LogP contribution in [-0.2, 0) is 10.0 Å². The normalized spacial score (nSPS) is 12.5.